The van der Waals surface area contributed by atoms with Crippen molar-refractivity contribution < 1.29 is 0 Å². The zero-order valence-electron chi connectivity index (χ0n) is 11.2. The van der Waals surface area contributed by atoms with E-state index in [1.165, 1.54) is 5.30 Å². The summed E-state index contributed by atoms with van der Waals surface area (Å²) in [5.41, 5.74) is 8.76. The number of pyridine rings is 1. The average molecular weight is 294 g/mol. The highest BCUT2D eigenvalue weighted by Crippen LogP contribution is 2.31. The van der Waals surface area contributed by atoms with Crippen LogP contribution in [0.15, 0.2) is 30.3 Å². The SMILES string of the molecule is Cc1c(Nc2ccccc2P(C)C)cc(Cl)nc1N. The molecule has 3 N–H and O–H groups in total. The zero-order chi connectivity index (χ0) is 14.0. The lowest BCUT2D eigenvalue weighted by molar-refractivity contribution is 1.28. The molecule has 0 bridgehead atoms. The summed E-state index contributed by atoms with van der Waals surface area (Å²) < 4.78 is 0. The van der Waals surface area contributed by atoms with Gasteiger partial charge in [0.15, 0.2) is 0 Å². The summed E-state index contributed by atoms with van der Waals surface area (Å²) in [6.45, 7) is 6.40. The van der Waals surface area contributed by atoms with Crippen LogP contribution in [0.4, 0.5) is 17.2 Å². The fourth-order valence-electron chi connectivity index (χ4n) is 1.84. The number of halogens is 1. The number of para-hydroxylation sites is 1. The standard InChI is InChI=1S/C14H17ClN3P/c1-9-11(8-13(15)18-14(9)16)17-10-6-4-5-7-12(10)19(2)3/h4-8H,1-3H3,(H3,16,17,18). The van der Waals surface area contributed by atoms with Crippen molar-refractivity contribution in [3.63, 3.8) is 0 Å². The summed E-state index contributed by atoms with van der Waals surface area (Å²) in [4.78, 5) is 4.04. The molecule has 0 aliphatic carbocycles. The van der Waals surface area contributed by atoms with Gasteiger partial charge in [-0.15, -0.1) is 0 Å². The van der Waals surface area contributed by atoms with Gasteiger partial charge in [-0.05, 0) is 37.7 Å². The highest BCUT2D eigenvalue weighted by atomic mass is 35.5. The van der Waals surface area contributed by atoms with Crippen LogP contribution in [0.2, 0.25) is 5.15 Å². The number of nitrogens with zero attached hydrogens (tertiary/aromatic N) is 1. The Morgan fingerprint density at radius 1 is 1.21 bits per heavy atom. The molecule has 0 aliphatic heterocycles. The molecule has 0 spiro atoms. The molecule has 5 heteroatoms. The van der Waals surface area contributed by atoms with Crippen LogP contribution in [0.25, 0.3) is 0 Å². The van der Waals surface area contributed by atoms with Gasteiger partial charge in [0.2, 0.25) is 0 Å². The van der Waals surface area contributed by atoms with Crippen molar-refractivity contribution in [3.05, 3.63) is 41.0 Å². The number of nitrogen functional groups attached to an aromatic ring is 1. The highest BCUT2D eigenvalue weighted by Gasteiger charge is 2.09. The van der Waals surface area contributed by atoms with Crippen LogP contribution in [-0.2, 0) is 0 Å². The van der Waals surface area contributed by atoms with Crippen molar-refractivity contribution in [2.75, 3.05) is 24.4 Å². The Balaban J connectivity index is 2.42. The lowest BCUT2D eigenvalue weighted by Gasteiger charge is -2.16. The lowest BCUT2D eigenvalue weighted by atomic mass is 10.2. The number of hydrogen-bond acceptors (Lipinski definition) is 3. The first-order chi connectivity index (χ1) is 8.99. The Kier molecular flexibility index (Phi) is 4.28. The molecule has 0 aliphatic rings. The first kappa shape index (κ1) is 14.1. The normalized spacial score (nSPS) is 10.8. The number of aromatic nitrogens is 1. The van der Waals surface area contributed by atoms with Crippen molar-refractivity contribution in [2.45, 2.75) is 6.92 Å². The van der Waals surface area contributed by atoms with E-state index in [-0.39, 0.29) is 7.92 Å². The zero-order valence-corrected chi connectivity index (χ0v) is 12.9. The van der Waals surface area contributed by atoms with Crippen molar-refractivity contribution in [2.24, 2.45) is 0 Å². The third kappa shape index (κ3) is 3.17. The molecule has 0 unspecified atom stereocenters. The number of benzene rings is 1. The number of anilines is 3. The minimum absolute atomic E-state index is 0.180. The van der Waals surface area contributed by atoms with Crippen molar-refractivity contribution >= 4 is 42.0 Å². The van der Waals surface area contributed by atoms with Crippen molar-refractivity contribution in [1.82, 2.24) is 4.98 Å². The molecule has 0 amide bonds. The molecule has 0 saturated carbocycles. The van der Waals surface area contributed by atoms with E-state index in [0.717, 1.165) is 16.9 Å². The first-order valence-electron chi connectivity index (χ1n) is 5.95. The summed E-state index contributed by atoms with van der Waals surface area (Å²) in [5, 5.41) is 5.14. The molecular weight excluding hydrogens is 277 g/mol. The predicted octanol–water partition coefficient (Wildman–Crippen LogP) is 3.74. The maximum Gasteiger partial charge on any atom is 0.133 e. The Morgan fingerprint density at radius 3 is 2.58 bits per heavy atom. The molecule has 0 atom stereocenters. The summed E-state index contributed by atoms with van der Waals surface area (Å²) in [7, 11) is -0.180. The van der Waals surface area contributed by atoms with Gasteiger partial charge >= 0.3 is 0 Å². The smallest absolute Gasteiger partial charge is 0.133 e. The molecule has 0 saturated heterocycles. The van der Waals surface area contributed by atoms with Gasteiger partial charge < -0.3 is 11.1 Å². The fraction of sp³-hybridized carbons (Fsp3) is 0.214. The quantitative estimate of drug-likeness (QED) is 0.669. The second-order valence-electron chi connectivity index (χ2n) is 4.54. The molecular formula is C14H17ClN3P. The summed E-state index contributed by atoms with van der Waals surface area (Å²) >= 11 is 5.96. The molecule has 2 rings (SSSR count). The number of nitrogens with two attached hydrogens (primary N) is 1. The van der Waals surface area contributed by atoms with E-state index < -0.39 is 0 Å². The Morgan fingerprint density at radius 2 is 1.89 bits per heavy atom. The topological polar surface area (TPSA) is 50.9 Å². The van der Waals surface area contributed by atoms with Gasteiger partial charge in [0, 0.05) is 16.9 Å². The summed E-state index contributed by atoms with van der Waals surface area (Å²) in [6, 6.07) is 10.1. The summed E-state index contributed by atoms with van der Waals surface area (Å²) in [5.74, 6) is 0.461. The Labute approximate surface area is 119 Å². The van der Waals surface area contributed by atoms with E-state index >= 15 is 0 Å². The summed E-state index contributed by atoms with van der Waals surface area (Å²) in [6.07, 6.45) is 0. The number of hydrogen-bond donors (Lipinski definition) is 2. The predicted molar refractivity (Wildman–Crippen MR) is 86.5 cm³/mol. The lowest BCUT2D eigenvalue weighted by Crippen LogP contribution is -2.08. The maximum atomic E-state index is 5.96. The number of rotatable bonds is 3. The van der Waals surface area contributed by atoms with Gasteiger partial charge in [0.1, 0.15) is 11.0 Å². The van der Waals surface area contributed by atoms with Crippen molar-refractivity contribution in [3.8, 4) is 0 Å². The fourth-order valence-corrected chi connectivity index (χ4v) is 3.04. The molecule has 100 valence electrons. The Bertz CT molecular complexity index is 599. The highest BCUT2D eigenvalue weighted by molar-refractivity contribution is 7.64. The Hall–Kier alpha value is -1.31. The van der Waals surface area contributed by atoms with Crippen LogP contribution >= 0.6 is 19.5 Å². The van der Waals surface area contributed by atoms with Crippen LogP contribution in [0, 0.1) is 6.92 Å². The minimum atomic E-state index is -0.180. The van der Waals surface area contributed by atoms with Gasteiger partial charge in [-0.2, -0.15) is 0 Å². The van der Waals surface area contributed by atoms with E-state index in [2.05, 4.69) is 41.8 Å². The molecule has 0 fully saturated rings. The van der Waals surface area contributed by atoms with Gasteiger partial charge in [0.05, 0.1) is 0 Å². The molecule has 2 aromatic rings. The average Bonchev–Trinajstić information content (AvgIpc) is 2.35. The van der Waals surface area contributed by atoms with Crippen LogP contribution < -0.4 is 16.4 Å². The van der Waals surface area contributed by atoms with E-state index in [4.69, 9.17) is 17.3 Å². The molecule has 0 radical (unpaired) electrons. The third-order valence-electron chi connectivity index (χ3n) is 2.93. The number of nitrogens with one attached hydrogen (secondary N) is 1. The third-order valence-corrected chi connectivity index (χ3v) is 4.48. The molecule has 3 nitrogen and oxygen atoms in total. The van der Waals surface area contributed by atoms with E-state index in [9.17, 15) is 0 Å². The van der Waals surface area contributed by atoms with Gasteiger partial charge in [0.25, 0.3) is 0 Å². The van der Waals surface area contributed by atoms with Gasteiger partial charge in [-0.3, -0.25) is 0 Å². The van der Waals surface area contributed by atoms with Crippen LogP contribution in [0.5, 0.6) is 0 Å². The van der Waals surface area contributed by atoms with E-state index in [1.807, 2.05) is 13.0 Å². The molecule has 1 aromatic heterocycles. The van der Waals surface area contributed by atoms with Crippen molar-refractivity contribution in [1.29, 1.82) is 0 Å². The molecule has 1 heterocycles. The van der Waals surface area contributed by atoms with Crippen LogP contribution in [-0.4, -0.2) is 18.3 Å². The van der Waals surface area contributed by atoms with E-state index in [0.29, 0.717) is 11.0 Å². The second-order valence-corrected chi connectivity index (χ2v) is 7.20. The molecule has 19 heavy (non-hydrogen) atoms. The largest absolute Gasteiger partial charge is 0.383 e. The monoisotopic (exact) mass is 293 g/mol. The minimum Gasteiger partial charge on any atom is -0.383 e. The second kappa shape index (κ2) is 5.77. The van der Waals surface area contributed by atoms with Gasteiger partial charge in [-0.1, -0.05) is 37.7 Å². The van der Waals surface area contributed by atoms with E-state index in [1.54, 1.807) is 6.07 Å². The molecule has 1 aromatic carbocycles. The first-order valence-corrected chi connectivity index (χ1v) is 8.56. The van der Waals surface area contributed by atoms with Crippen LogP contribution in [0.3, 0.4) is 0 Å². The maximum absolute atomic E-state index is 5.96. The van der Waals surface area contributed by atoms with Crippen LogP contribution in [0.1, 0.15) is 5.56 Å². The van der Waals surface area contributed by atoms with Gasteiger partial charge in [-0.25, -0.2) is 4.98 Å².